The summed E-state index contributed by atoms with van der Waals surface area (Å²) in [7, 11) is 0. The molecule has 1 fully saturated rings. The molecule has 0 atom stereocenters. The van der Waals surface area contributed by atoms with Gasteiger partial charge in [0.25, 0.3) is 5.91 Å². The molecule has 0 saturated carbocycles. The fourth-order valence-electron chi connectivity index (χ4n) is 3.65. The number of benzene rings is 1. The number of fused-ring (bicyclic) bond motifs is 1. The van der Waals surface area contributed by atoms with E-state index in [0.717, 1.165) is 35.1 Å². The average Bonchev–Trinajstić information content (AvgIpc) is 3.44. The number of carbonyl (C=O) groups is 1. The molecule has 1 aromatic carbocycles. The van der Waals surface area contributed by atoms with Crippen molar-refractivity contribution in [3.05, 3.63) is 36.0 Å². The fourth-order valence-corrected chi connectivity index (χ4v) is 4.01. The maximum atomic E-state index is 12.6. The van der Waals surface area contributed by atoms with E-state index in [4.69, 9.17) is 9.72 Å². The zero-order chi connectivity index (χ0) is 20.9. The summed E-state index contributed by atoms with van der Waals surface area (Å²) in [6.07, 6.45) is 6.18. The molecule has 8 nitrogen and oxygen atoms in total. The standard InChI is InChI=1S/C21H26N6O2S/c1-3-29-17-9-5-4-8-15(17)20(28)22-10-13-27-19-16(14-23-27)18(24-21(25-19)30-2)26-11-6-7-12-26/h4-5,8-9,14H,3,6-7,10-13H2,1-2H3,(H,22,28). The van der Waals surface area contributed by atoms with Crippen molar-refractivity contribution in [1.29, 1.82) is 0 Å². The van der Waals surface area contributed by atoms with Crippen molar-refractivity contribution in [2.24, 2.45) is 0 Å². The number of nitrogens with one attached hydrogen (secondary N) is 1. The molecule has 9 heteroatoms. The van der Waals surface area contributed by atoms with Gasteiger partial charge in [-0.2, -0.15) is 5.10 Å². The van der Waals surface area contributed by atoms with Crippen LogP contribution < -0.4 is 15.0 Å². The summed E-state index contributed by atoms with van der Waals surface area (Å²) in [4.78, 5) is 24.3. The lowest BCUT2D eigenvalue weighted by Gasteiger charge is -2.17. The van der Waals surface area contributed by atoms with Gasteiger partial charge in [-0.3, -0.25) is 4.79 Å². The van der Waals surface area contributed by atoms with E-state index in [1.54, 1.807) is 12.1 Å². The molecule has 0 spiro atoms. The SMILES string of the molecule is CCOc1ccccc1C(=O)NCCn1ncc2c(N3CCCC3)nc(SC)nc21. The second kappa shape index (κ2) is 9.34. The van der Waals surface area contributed by atoms with Crippen LogP contribution >= 0.6 is 11.8 Å². The molecule has 0 unspecified atom stereocenters. The minimum Gasteiger partial charge on any atom is -0.493 e. The lowest BCUT2D eigenvalue weighted by Crippen LogP contribution is -2.28. The number of para-hydroxylation sites is 1. The number of ether oxygens (including phenoxy) is 1. The molecule has 2 aromatic heterocycles. The van der Waals surface area contributed by atoms with Gasteiger partial charge in [-0.05, 0) is 38.2 Å². The third kappa shape index (κ3) is 4.21. The van der Waals surface area contributed by atoms with Gasteiger partial charge in [0.2, 0.25) is 0 Å². The predicted molar refractivity (Wildman–Crippen MR) is 118 cm³/mol. The van der Waals surface area contributed by atoms with Crippen molar-refractivity contribution >= 4 is 34.5 Å². The van der Waals surface area contributed by atoms with Crippen LogP contribution in [0.3, 0.4) is 0 Å². The number of thioether (sulfide) groups is 1. The van der Waals surface area contributed by atoms with Crippen LogP contribution in [0, 0.1) is 0 Å². The van der Waals surface area contributed by atoms with Gasteiger partial charge >= 0.3 is 0 Å². The molecule has 158 valence electrons. The number of carbonyl (C=O) groups excluding carboxylic acids is 1. The van der Waals surface area contributed by atoms with E-state index < -0.39 is 0 Å². The van der Waals surface area contributed by atoms with E-state index in [0.29, 0.717) is 31.0 Å². The Hall–Kier alpha value is -2.81. The van der Waals surface area contributed by atoms with Gasteiger partial charge in [-0.25, -0.2) is 14.6 Å². The first-order valence-electron chi connectivity index (χ1n) is 10.2. The highest BCUT2D eigenvalue weighted by molar-refractivity contribution is 7.98. The van der Waals surface area contributed by atoms with Crippen LogP contribution in [0.4, 0.5) is 5.82 Å². The second-order valence-corrected chi connectivity index (χ2v) is 7.79. The lowest BCUT2D eigenvalue weighted by atomic mass is 10.2. The van der Waals surface area contributed by atoms with Crippen molar-refractivity contribution in [2.75, 3.05) is 37.4 Å². The van der Waals surface area contributed by atoms with Crippen LogP contribution in [-0.2, 0) is 6.54 Å². The van der Waals surface area contributed by atoms with Gasteiger partial charge in [0.1, 0.15) is 11.6 Å². The molecule has 4 rings (SSSR count). The van der Waals surface area contributed by atoms with Crippen LogP contribution in [0.1, 0.15) is 30.1 Å². The molecule has 0 bridgehead atoms. The van der Waals surface area contributed by atoms with Crippen LogP contribution in [-0.4, -0.2) is 58.2 Å². The Morgan fingerprint density at radius 2 is 2.03 bits per heavy atom. The highest BCUT2D eigenvalue weighted by atomic mass is 32.2. The van der Waals surface area contributed by atoms with Gasteiger partial charge in [0, 0.05) is 19.6 Å². The van der Waals surface area contributed by atoms with Crippen molar-refractivity contribution in [3.63, 3.8) is 0 Å². The summed E-state index contributed by atoms with van der Waals surface area (Å²) in [6.45, 7) is 5.41. The Bertz CT molecular complexity index is 1030. The second-order valence-electron chi connectivity index (χ2n) is 7.02. The molecule has 0 radical (unpaired) electrons. The van der Waals surface area contributed by atoms with Gasteiger partial charge in [-0.1, -0.05) is 23.9 Å². The van der Waals surface area contributed by atoms with E-state index in [2.05, 4.69) is 20.3 Å². The van der Waals surface area contributed by atoms with E-state index in [1.165, 1.54) is 24.6 Å². The molecule has 1 aliphatic rings. The summed E-state index contributed by atoms with van der Waals surface area (Å²) in [6, 6.07) is 7.27. The van der Waals surface area contributed by atoms with Crippen LogP contribution in [0.25, 0.3) is 11.0 Å². The smallest absolute Gasteiger partial charge is 0.255 e. The molecule has 1 N–H and O–H groups in total. The minimum absolute atomic E-state index is 0.160. The van der Waals surface area contributed by atoms with Crippen molar-refractivity contribution in [3.8, 4) is 5.75 Å². The highest BCUT2D eigenvalue weighted by Gasteiger charge is 2.20. The molecule has 1 aliphatic heterocycles. The number of rotatable bonds is 8. The molecule has 0 aliphatic carbocycles. The van der Waals surface area contributed by atoms with Crippen molar-refractivity contribution in [2.45, 2.75) is 31.5 Å². The normalized spacial score (nSPS) is 13.7. The summed E-state index contributed by atoms with van der Waals surface area (Å²) >= 11 is 1.53. The van der Waals surface area contributed by atoms with E-state index >= 15 is 0 Å². The van der Waals surface area contributed by atoms with Crippen molar-refractivity contribution in [1.82, 2.24) is 25.1 Å². The highest BCUT2D eigenvalue weighted by Crippen LogP contribution is 2.28. The van der Waals surface area contributed by atoms with E-state index in [1.807, 2.05) is 36.2 Å². The largest absolute Gasteiger partial charge is 0.493 e. The van der Waals surface area contributed by atoms with E-state index in [-0.39, 0.29) is 5.91 Å². The molecule has 30 heavy (non-hydrogen) atoms. The van der Waals surface area contributed by atoms with Crippen LogP contribution in [0.5, 0.6) is 5.75 Å². The quantitative estimate of drug-likeness (QED) is 0.438. The molecule has 1 saturated heterocycles. The predicted octanol–water partition coefficient (Wildman–Crippen LogP) is 2.98. The zero-order valence-electron chi connectivity index (χ0n) is 17.3. The zero-order valence-corrected chi connectivity index (χ0v) is 18.1. The maximum absolute atomic E-state index is 12.6. The summed E-state index contributed by atoms with van der Waals surface area (Å²) in [5.74, 6) is 1.39. The Balaban J connectivity index is 1.49. The van der Waals surface area contributed by atoms with Gasteiger partial charge in [-0.15, -0.1) is 0 Å². The van der Waals surface area contributed by atoms with Gasteiger partial charge in [0.05, 0.1) is 30.3 Å². The number of anilines is 1. The lowest BCUT2D eigenvalue weighted by molar-refractivity contribution is 0.0948. The Kier molecular flexibility index (Phi) is 6.37. The Labute approximate surface area is 180 Å². The molecular weight excluding hydrogens is 400 g/mol. The summed E-state index contributed by atoms with van der Waals surface area (Å²) in [5.41, 5.74) is 1.34. The van der Waals surface area contributed by atoms with Crippen molar-refractivity contribution < 1.29 is 9.53 Å². The number of hydrogen-bond acceptors (Lipinski definition) is 7. The first kappa shape index (κ1) is 20.5. The van der Waals surface area contributed by atoms with Gasteiger partial charge < -0.3 is 15.0 Å². The fraction of sp³-hybridized carbons (Fsp3) is 0.429. The molecule has 3 heterocycles. The van der Waals surface area contributed by atoms with Crippen LogP contribution in [0.2, 0.25) is 0 Å². The van der Waals surface area contributed by atoms with Gasteiger partial charge in [0.15, 0.2) is 10.8 Å². The summed E-state index contributed by atoms with van der Waals surface area (Å²) in [5, 5.41) is 9.18. The topological polar surface area (TPSA) is 85.2 Å². The number of nitrogens with zero attached hydrogens (tertiary/aromatic N) is 5. The Morgan fingerprint density at radius 3 is 2.80 bits per heavy atom. The third-order valence-corrected chi connectivity index (χ3v) is 5.63. The monoisotopic (exact) mass is 426 g/mol. The Morgan fingerprint density at radius 1 is 1.23 bits per heavy atom. The maximum Gasteiger partial charge on any atom is 0.255 e. The van der Waals surface area contributed by atoms with Crippen LogP contribution in [0.15, 0.2) is 35.6 Å². The first-order valence-corrected chi connectivity index (χ1v) is 11.5. The first-order chi connectivity index (χ1) is 14.7. The molecule has 1 amide bonds. The minimum atomic E-state index is -0.160. The number of aromatic nitrogens is 4. The van der Waals surface area contributed by atoms with E-state index in [9.17, 15) is 4.79 Å². The number of amides is 1. The number of hydrogen-bond donors (Lipinski definition) is 1. The molecular formula is C21H26N6O2S. The molecule has 3 aromatic rings. The average molecular weight is 427 g/mol. The third-order valence-electron chi connectivity index (χ3n) is 5.08. The summed E-state index contributed by atoms with van der Waals surface area (Å²) < 4.78 is 7.39.